The summed E-state index contributed by atoms with van der Waals surface area (Å²) in [6.07, 6.45) is 6.58. The second-order valence-corrected chi connectivity index (χ2v) is 6.66. The summed E-state index contributed by atoms with van der Waals surface area (Å²) in [6, 6.07) is 7.07. The van der Waals surface area contributed by atoms with Crippen LogP contribution in [0.3, 0.4) is 0 Å². The van der Waals surface area contributed by atoms with Crippen molar-refractivity contribution in [2.45, 2.75) is 62.1 Å². The predicted octanol–water partition coefficient (Wildman–Crippen LogP) is 3.92. The van der Waals surface area contributed by atoms with Gasteiger partial charge in [-0.1, -0.05) is 30.5 Å². The summed E-state index contributed by atoms with van der Waals surface area (Å²) in [7, 11) is 0. The van der Waals surface area contributed by atoms with Gasteiger partial charge in [-0.2, -0.15) is 0 Å². The lowest BCUT2D eigenvalue weighted by Crippen LogP contribution is -2.18. The van der Waals surface area contributed by atoms with Crippen molar-refractivity contribution >= 4 is 11.8 Å². The summed E-state index contributed by atoms with van der Waals surface area (Å²) >= 11 is 2.07. The van der Waals surface area contributed by atoms with Crippen molar-refractivity contribution in [1.29, 1.82) is 0 Å². The van der Waals surface area contributed by atoms with Crippen LogP contribution in [-0.4, -0.2) is 11.3 Å². The summed E-state index contributed by atoms with van der Waals surface area (Å²) in [5, 5.41) is 0.838. The van der Waals surface area contributed by atoms with Gasteiger partial charge in [0.15, 0.2) is 0 Å². The molecule has 1 unspecified atom stereocenters. The van der Waals surface area contributed by atoms with Crippen LogP contribution in [0, 0.1) is 6.92 Å². The van der Waals surface area contributed by atoms with E-state index in [-0.39, 0.29) is 6.04 Å². The minimum Gasteiger partial charge on any atom is -0.328 e. The van der Waals surface area contributed by atoms with E-state index in [1.807, 2.05) is 0 Å². The average molecular weight is 249 g/mol. The number of hydrogen-bond acceptors (Lipinski definition) is 2. The van der Waals surface area contributed by atoms with Crippen molar-refractivity contribution in [3.8, 4) is 0 Å². The third-order valence-corrected chi connectivity index (χ3v) is 4.81. The maximum Gasteiger partial charge on any atom is 0.0108 e. The van der Waals surface area contributed by atoms with E-state index in [9.17, 15) is 0 Å². The van der Waals surface area contributed by atoms with Gasteiger partial charge in [0.2, 0.25) is 0 Å². The van der Waals surface area contributed by atoms with Gasteiger partial charge in [0.25, 0.3) is 0 Å². The molecule has 0 radical (unpaired) electrons. The zero-order chi connectivity index (χ0) is 12.3. The molecule has 1 saturated carbocycles. The molecule has 0 bridgehead atoms. The third-order valence-electron chi connectivity index (χ3n) is 3.35. The van der Waals surface area contributed by atoms with E-state index in [2.05, 4.69) is 43.8 Å². The normalized spacial score (nSPS) is 18.5. The number of aryl methyl sites for hydroxylation is 1. The maximum absolute atomic E-state index is 5.94. The van der Waals surface area contributed by atoms with Crippen LogP contribution in [0.15, 0.2) is 23.1 Å². The van der Waals surface area contributed by atoms with E-state index in [1.165, 1.54) is 41.7 Å². The van der Waals surface area contributed by atoms with Gasteiger partial charge < -0.3 is 5.73 Å². The van der Waals surface area contributed by atoms with Gasteiger partial charge >= 0.3 is 0 Å². The van der Waals surface area contributed by atoms with Crippen molar-refractivity contribution in [2.24, 2.45) is 5.73 Å². The van der Waals surface area contributed by atoms with Crippen LogP contribution in [0.1, 0.15) is 43.7 Å². The quantitative estimate of drug-likeness (QED) is 0.875. The summed E-state index contributed by atoms with van der Waals surface area (Å²) in [5.41, 5.74) is 8.73. The summed E-state index contributed by atoms with van der Waals surface area (Å²) in [4.78, 5) is 1.46. The van der Waals surface area contributed by atoms with Crippen molar-refractivity contribution in [1.82, 2.24) is 0 Å². The first-order valence-electron chi connectivity index (χ1n) is 6.67. The van der Waals surface area contributed by atoms with Crippen LogP contribution in [0.4, 0.5) is 0 Å². The lowest BCUT2D eigenvalue weighted by atomic mass is 10.1. The molecule has 0 amide bonds. The molecular weight excluding hydrogens is 226 g/mol. The van der Waals surface area contributed by atoms with Crippen molar-refractivity contribution in [3.63, 3.8) is 0 Å². The predicted molar refractivity (Wildman–Crippen MR) is 76.6 cm³/mol. The van der Waals surface area contributed by atoms with E-state index < -0.39 is 0 Å². The second-order valence-electron chi connectivity index (χ2n) is 5.32. The highest BCUT2D eigenvalue weighted by Gasteiger charge is 2.17. The van der Waals surface area contributed by atoms with E-state index in [1.54, 1.807) is 0 Å². The van der Waals surface area contributed by atoms with Crippen LogP contribution in [0.5, 0.6) is 0 Å². The highest BCUT2D eigenvalue weighted by molar-refractivity contribution is 8.00. The summed E-state index contributed by atoms with van der Waals surface area (Å²) in [5.74, 6) is 0. The summed E-state index contributed by atoms with van der Waals surface area (Å²) in [6.45, 7) is 4.25. The van der Waals surface area contributed by atoms with Gasteiger partial charge in [0.05, 0.1) is 0 Å². The molecule has 94 valence electrons. The zero-order valence-electron chi connectivity index (χ0n) is 10.9. The van der Waals surface area contributed by atoms with Gasteiger partial charge in [-0.05, 0) is 44.7 Å². The fourth-order valence-electron chi connectivity index (χ4n) is 2.52. The Hall–Kier alpha value is -0.470. The topological polar surface area (TPSA) is 26.0 Å². The van der Waals surface area contributed by atoms with Gasteiger partial charge in [-0.3, -0.25) is 0 Å². The highest BCUT2D eigenvalue weighted by atomic mass is 32.2. The SMILES string of the molecule is Cc1ccc(SC2CCCC2)c(CC(C)N)c1. The van der Waals surface area contributed by atoms with Gasteiger partial charge in [-0.15, -0.1) is 11.8 Å². The molecule has 1 atom stereocenters. The van der Waals surface area contributed by atoms with Crippen LogP contribution in [-0.2, 0) is 6.42 Å². The standard InChI is InChI=1S/C15H23NS/c1-11-7-8-15(13(9-11)10-12(2)16)17-14-5-3-4-6-14/h7-9,12,14H,3-6,10,16H2,1-2H3. The number of hydrogen-bond donors (Lipinski definition) is 1. The van der Waals surface area contributed by atoms with E-state index in [0.717, 1.165) is 11.7 Å². The zero-order valence-corrected chi connectivity index (χ0v) is 11.7. The Morgan fingerprint density at radius 3 is 2.71 bits per heavy atom. The molecule has 1 aliphatic carbocycles. The van der Waals surface area contributed by atoms with Crippen molar-refractivity contribution < 1.29 is 0 Å². The Morgan fingerprint density at radius 1 is 1.35 bits per heavy atom. The van der Waals surface area contributed by atoms with Crippen molar-refractivity contribution in [3.05, 3.63) is 29.3 Å². The second kappa shape index (κ2) is 5.92. The van der Waals surface area contributed by atoms with E-state index in [0.29, 0.717) is 0 Å². The first-order valence-corrected chi connectivity index (χ1v) is 7.55. The molecule has 2 rings (SSSR count). The molecule has 0 heterocycles. The number of nitrogens with two attached hydrogens (primary N) is 1. The molecule has 1 aliphatic rings. The Morgan fingerprint density at radius 2 is 2.06 bits per heavy atom. The van der Waals surface area contributed by atoms with Crippen molar-refractivity contribution in [2.75, 3.05) is 0 Å². The Labute approximate surface area is 109 Å². The maximum atomic E-state index is 5.94. The number of thioether (sulfide) groups is 1. The van der Waals surface area contributed by atoms with E-state index in [4.69, 9.17) is 5.73 Å². The molecule has 1 aromatic rings. The Kier molecular flexibility index (Phi) is 4.52. The van der Waals surface area contributed by atoms with Crippen LogP contribution >= 0.6 is 11.8 Å². The van der Waals surface area contributed by atoms with Gasteiger partial charge in [0.1, 0.15) is 0 Å². The molecule has 0 aliphatic heterocycles. The Bertz CT molecular complexity index is 367. The first kappa shape index (κ1) is 13.0. The Balaban J connectivity index is 2.13. The first-order chi connectivity index (χ1) is 8.15. The molecule has 1 nitrogen and oxygen atoms in total. The monoisotopic (exact) mass is 249 g/mol. The fraction of sp³-hybridized carbons (Fsp3) is 0.600. The lowest BCUT2D eigenvalue weighted by Gasteiger charge is -2.15. The number of benzene rings is 1. The van der Waals surface area contributed by atoms with Gasteiger partial charge in [0, 0.05) is 16.2 Å². The van der Waals surface area contributed by atoms with E-state index >= 15 is 0 Å². The summed E-state index contributed by atoms with van der Waals surface area (Å²) < 4.78 is 0. The number of rotatable bonds is 4. The molecule has 0 aromatic heterocycles. The smallest absolute Gasteiger partial charge is 0.0108 e. The fourth-order valence-corrected chi connectivity index (χ4v) is 3.88. The molecule has 0 saturated heterocycles. The molecule has 2 heteroatoms. The van der Waals surface area contributed by atoms with Crippen LogP contribution < -0.4 is 5.73 Å². The van der Waals surface area contributed by atoms with Gasteiger partial charge in [-0.25, -0.2) is 0 Å². The molecule has 1 fully saturated rings. The largest absolute Gasteiger partial charge is 0.328 e. The highest BCUT2D eigenvalue weighted by Crippen LogP contribution is 2.36. The van der Waals surface area contributed by atoms with Crippen LogP contribution in [0.25, 0.3) is 0 Å². The van der Waals surface area contributed by atoms with Crippen LogP contribution in [0.2, 0.25) is 0 Å². The third kappa shape index (κ3) is 3.75. The minimum atomic E-state index is 0.250. The molecule has 17 heavy (non-hydrogen) atoms. The molecule has 0 spiro atoms. The average Bonchev–Trinajstić information content (AvgIpc) is 2.74. The molecule has 2 N–H and O–H groups in total. The molecule has 1 aromatic carbocycles. The lowest BCUT2D eigenvalue weighted by molar-refractivity contribution is 0.728. The molecular formula is C15H23NS. The minimum absolute atomic E-state index is 0.250.